The van der Waals surface area contributed by atoms with Crippen LogP contribution in [0.25, 0.3) is 0 Å². The summed E-state index contributed by atoms with van der Waals surface area (Å²) in [5, 5.41) is 14.5. The minimum Gasteiger partial charge on any atom is -0.329 e. The molecule has 6 nitrogen and oxygen atoms in total. The third-order valence-electron chi connectivity index (χ3n) is 4.36. The Hall–Kier alpha value is -2.16. The number of thioether (sulfide) groups is 1. The van der Waals surface area contributed by atoms with E-state index >= 15 is 0 Å². The van der Waals surface area contributed by atoms with E-state index in [9.17, 15) is 19.3 Å². The molecule has 0 radical (unpaired) electrons. The maximum atomic E-state index is 13.6. The molecule has 1 aliphatic heterocycles. The van der Waals surface area contributed by atoms with Gasteiger partial charge in [0.1, 0.15) is 5.82 Å². The second-order valence-electron chi connectivity index (χ2n) is 5.92. The van der Waals surface area contributed by atoms with E-state index in [-0.39, 0.29) is 41.4 Å². The van der Waals surface area contributed by atoms with Crippen molar-refractivity contribution in [3.8, 4) is 0 Å². The molecule has 1 heterocycles. The van der Waals surface area contributed by atoms with E-state index in [1.54, 1.807) is 35.4 Å². The molecule has 0 bridgehead atoms. The van der Waals surface area contributed by atoms with E-state index in [1.807, 2.05) is 0 Å². The van der Waals surface area contributed by atoms with Crippen molar-refractivity contribution in [2.45, 2.75) is 10.9 Å². The van der Waals surface area contributed by atoms with Crippen LogP contribution in [0.15, 0.2) is 47.4 Å². The fourth-order valence-electron chi connectivity index (χ4n) is 3.09. The average molecular weight is 412 g/mol. The molecule has 3 rings (SSSR count). The summed E-state index contributed by atoms with van der Waals surface area (Å²) in [5.74, 6) is -0.656. The fourth-order valence-corrected chi connectivity index (χ4v) is 3.64. The van der Waals surface area contributed by atoms with Crippen molar-refractivity contribution in [3.05, 3.63) is 69.5 Å². The molecular formula is C18H19ClFN3O3S. The van der Waals surface area contributed by atoms with Crippen molar-refractivity contribution in [2.75, 3.05) is 25.9 Å². The van der Waals surface area contributed by atoms with Gasteiger partial charge in [0.25, 0.3) is 11.6 Å². The van der Waals surface area contributed by atoms with Gasteiger partial charge in [0, 0.05) is 31.3 Å². The van der Waals surface area contributed by atoms with Gasteiger partial charge in [-0.3, -0.25) is 14.9 Å². The van der Waals surface area contributed by atoms with Gasteiger partial charge in [-0.25, -0.2) is 4.39 Å². The molecule has 1 unspecified atom stereocenters. The van der Waals surface area contributed by atoms with Crippen LogP contribution >= 0.6 is 24.2 Å². The predicted molar refractivity (Wildman–Crippen MR) is 105 cm³/mol. The van der Waals surface area contributed by atoms with Crippen LogP contribution in [0.4, 0.5) is 10.1 Å². The number of nitro benzene ring substituents is 1. The second-order valence-corrected chi connectivity index (χ2v) is 6.77. The molecule has 1 amide bonds. The molecular weight excluding hydrogens is 393 g/mol. The predicted octanol–water partition coefficient (Wildman–Crippen LogP) is 3.66. The molecule has 1 fully saturated rings. The van der Waals surface area contributed by atoms with Crippen molar-refractivity contribution >= 4 is 35.8 Å². The van der Waals surface area contributed by atoms with Gasteiger partial charge in [0.2, 0.25) is 0 Å². The first-order chi connectivity index (χ1) is 12.5. The van der Waals surface area contributed by atoms with Gasteiger partial charge < -0.3 is 10.2 Å². The fraction of sp³-hybridized carbons (Fsp3) is 0.278. The zero-order chi connectivity index (χ0) is 18.7. The molecule has 0 aliphatic carbocycles. The molecule has 2 aromatic carbocycles. The smallest absolute Gasteiger partial charge is 0.283 e. The lowest BCUT2D eigenvalue weighted by Gasteiger charge is -2.36. The summed E-state index contributed by atoms with van der Waals surface area (Å²) in [7, 11) is 0. The first-order valence-electron chi connectivity index (χ1n) is 8.11. The Morgan fingerprint density at radius 1 is 1.33 bits per heavy atom. The number of rotatable bonds is 4. The number of halogens is 2. The van der Waals surface area contributed by atoms with E-state index < -0.39 is 4.92 Å². The van der Waals surface area contributed by atoms with Gasteiger partial charge in [-0.15, -0.1) is 24.2 Å². The summed E-state index contributed by atoms with van der Waals surface area (Å²) in [4.78, 5) is 26.0. The third-order valence-corrected chi connectivity index (χ3v) is 5.15. The van der Waals surface area contributed by atoms with Gasteiger partial charge in [0.15, 0.2) is 0 Å². The van der Waals surface area contributed by atoms with Gasteiger partial charge in [-0.1, -0.05) is 12.1 Å². The summed E-state index contributed by atoms with van der Waals surface area (Å²) in [5.41, 5.74) is 0.874. The van der Waals surface area contributed by atoms with Crippen molar-refractivity contribution in [1.29, 1.82) is 0 Å². The summed E-state index contributed by atoms with van der Waals surface area (Å²) >= 11 is 1.26. The summed E-state index contributed by atoms with van der Waals surface area (Å²) < 4.78 is 13.6. The Kier molecular flexibility index (Phi) is 7.18. The van der Waals surface area contributed by atoms with Crippen LogP contribution in [-0.4, -0.2) is 41.6 Å². The summed E-state index contributed by atoms with van der Waals surface area (Å²) in [6.45, 7) is 1.56. The van der Waals surface area contributed by atoms with Gasteiger partial charge in [-0.05, 0) is 36.1 Å². The lowest BCUT2D eigenvalue weighted by atomic mass is 10.0. The number of nitrogens with zero attached hydrogens (tertiary/aromatic N) is 2. The van der Waals surface area contributed by atoms with E-state index in [2.05, 4.69) is 5.32 Å². The zero-order valence-corrected chi connectivity index (χ0v) is 16.2. The van der Waals surface area contributed by atoms with Crippen LogP contribution in [0.3, 0.4) is 0 Å². The lowest BCUT2D eigenvalue weighted by molar-refractivity contribution is -0.387. The number of nitrogens with one attached hydrogen (secondary N) is 1. The highest BCUT2D eigenvalue weighted by Gasteiger charge is 2.30. The number of piperazine rings is 1. The van der Waals surface area contributed by atoms with Crippen LogP contribution in [0.5, 0.6) is 0 Å². The van der Waals surface area contributed by atoms with Crippen molar-refractivity contribution in [3.63, 3.8) is 0 Å². The average Bonchev–Trinajstić information content (AvgIpc) is 2.66. The van der Waals surface area contributed by atoms with E-state index in [4.69, 9.17) is 0 Å². The Morgan fingerprint density at radius 2 is 2.11 bits per heavy atom. The normalized spacial score (nSPS) is 16.5. The Balaban J connectivity index is 0.00000261. The highest BCUT2D eigenvalue weighted by molar-refractivity contribution is 7.98. The minimum absolute atomic E-state index is 0. The van der Waals surface area contributed by atoms with Crippen molar-refractivity contribution in [2.24, 2.45) is 0 Å². The summed E-state index contributed by atoms with van der Waals surface area (Å²) in [6.07, 6.45) is 1.75. The minimum atomic E-state index is -0.482. The molecule has 1 saturated heterocycles. The largest absolute Gasteiger partial charge is 0.329 e. The van der Waals surface area contributed by atoms with E-state index in [0.717, 1.165) is 0 Å². The van der Waals surface area contributed by atoms with Crippen LogP contribution in [0.2, 0.25) is 0 Å². The highest BCUT2D eigenvalue weighted by Crippen LogP contribution is 2.30. The SMILES string of the molecule is CSc1ccc(C(=O)N2CCNCC2c2cccc(F)c2)cc1[N+](=O)[O-].Cl. The zero-order valence-electron chi connectivity index (χ0n) is 14.6. The van der Waals surface area contributed by atoms with Crippen molar-refractivity contribution in [1.82, 2.24) is 10.2 Å². The quantitative estimate of drug-likeness (QED) is 0.472. The second kappa shape index (κ2) is 9.16. The first-order valence-corrected chi connectivity index (χ1v) is 9.33. The highest BCUT2D eigenvalue weighted by atomic mass is 35.5. The summed E-state index contributed by atoms with van der Waals surface area (Å²) in [6, 6.07) is 10.3. The maximum absolute atomic E-state index is 13.6. The lowest BCUT2D eigenvalue weighted by Crippen LogP contribution is -2.48. The molecule has 1 N–H and O–H groups in total. The monoisotopic (exact) mass is 411 g/mol. The number of hydrogen-bond acceptors (Lipinski definition) is 5. The Labute approximate surface area is 166 Å². The Bertz CT molecular complexity index is 852. The number of benzene rings is 2. The molecule has 1 atom stereocenters. The molecule has 144 valence electrons. The molecule has 9 heteroatoms. The van der Waals surface area contributed by atoms with Gasteiger partial charge >= 0.3 is 0 Å². The Morgan fingerprint density at radius 3 is 2.78 bits per heavy atom. The first kappa shape index (κ1) is 21.1. The van der Waals surface area contributed by atoms with E-state index in [0.29, 0.717) is 30.1 Å². The number of carbonyl (C=O) groups is 1. The third kappa shape index (κ3) is 4.58. The van der Waals surface area contributed by atoms with Gasteiger partial charge in [-0.2, -0.15) is 0 Å². The molecule has 1 aliphatic rings. The molecule has 0 saturated carbocycles. The standard InChI is InChI=1S/C18H18FN3O3S.ClH/c1-26-17-6-5-13(10-15(17)22(24)25)18(23)21-8-7-20-11-16(21)12-3-2-4-14(19)9-12;/h2-6,9-10,16,20H,7-8,11H2,1H3;1H. The number of hydrogen-bond donors (Lipinski definition) is 1. The number of carbonyl (C=O) groups excluding carboxylic acids is 1. The number of amides is 1. The molecule has 0 aromatic heterocycles. The van der Waals surface area contributed by atoms with Crippen molar-refractivity contribution < 1.29 is 14.1 Å². The van der Waals surface area contributed by atoms with Crippen LogP contribution in [-0.2, 0) is 0 Å². The molecule has 0 spiro atoms. The molecule has 2 aromatic rings. The van der Waals surface area contributed by atoms with Crippen LogP contribution in [0.1, 0.15) is 22.0 Å². The van der Waals surface area contributed by atoms with Gasteiger partial charge in [0.05, 0.1) is 15.9 Å². The number of nitro groups is 1. The molecule has 27 heavy (non-hydrogen) atoms. The topological polar surface area (TPSA) is 75.5 Å². The maximum Gasteiger partial charge on any atom is 0.283 e. The van der Waals surface area contributed by atoms with Crippen LogP contribution in [0, 0.1) is 15.9 Å². The van der Waals surface area contributed by atoms with Crippen LogP contribution < -0.4 is 5.32 Å². The van der Waals surface area contributed by atoms with E-state index in [1.165, 1.54) is 30.0 Å².